The van der Waals surface area contributed by atoms with Crippen LogP contribution in [0.5, 0.6) is 0 Å². The molecule has 3 N–H and O–H groups in total. The second-order valence-electron chi connectivity index (χ2n) is 11.4. The van der Waals surface area contributed by atoms with Gasteiger partial charge in [-0.3, -0.25) is 0 Å². The lowest BCUT2D eigenvalue weighted by atomic mass is 9.59. The highest BCUT2D eigenvalue weighted by Gasteiger charge is 2.51. The third-order valence-electron chi connectivity index (χ3n) is 7.04. The average molecular weight is 337 g/mol. The fourth-order valence-corrected chi connectivity index (χ4v) is 6.83. The van der Waals surface area contributed by atoms with E-state index in [0.29, 0.717) is 16.7 Å². The third-order valence-corrected chi connectivity index (χ3v) is 7.04. The first kappa shape index (κ1) is 20.2. The molecule has 0 aromatic heterocycles. The van der Waals surface area contributed by atoms with Gasteiger partial charge in [0.15, 0.2) is 0 Å². The molecule has 0 radical (unpaired) electrons. The second kappa shape index (κ2) is 6.58. The normalized spacial score (nSPS) is 45.1. The van der Waals surface area contributed by atoms with Crippen LogP contribution in [0.25, 0.3) is 0 Å². The highest BCUT2D eigenvalue weighted by Crippen LogP contribution is 2.49. The number of nitrogens with two attached hydrogens (primary N) is 1. The highest BCUT2D eigenvalue weighted by atomic mass is 15.1. The lowest BCUT2D eigenvalue weighted by Crippen LogP contribution is -2.69. The monoisotopic (exact) mass is 336 g/mol. The molecule has 2 aliphatic carbocycles. The molecule has 0 amide bonds. The predicted octanol–water partition coefficient (Wildman–Crippen LogP) is 5.50. The molecule has 0 bridgehead atoms. The standard InChI is InChI=1S/C22H44N2/c1-9-16-11-19(3,4)14-21(7,12-16)24-22(8)15-20(5,6)13-17(10-2)18(22)23/h16-18,24H,9-15,23H2,1-8H3/t16-,17?,18?,21+,22?/m0/s1. The number of rotatable bonds is 4. The van der Waals surface area contributed by atoms with E-state index in [-0.39, 0.29) is 17.1 Å². The Balaban J connectivity index is 2.25. The van der Waals surface area contributed by atoms with Crippen molar-refractivity contribution in [3.8, 4) is 0 Å². The van der Waals surface area contributed by atoms with Crippen LogP contribution in [0.15, 0.2) is 0 Å². The molecule has 0 heterocycles. The van der Waals surface area contributed by atoms with Gasteiger partial charge in [-0.2, -0.15) is 0 Å². The number of hydrogen-bond acceptors (Lipinski definition) is 2. The predicted molar refractivity (Wildman–Crippen MR) is 106 cm³/mol. The summed E-state index contributed by atoms with van der Waals surface area (Å²) in [6.45, 7) is 19.3. The molecule has 2 aliphatic rings. The largest absolute Gasteiger partial charge is 0.326 e. The van der Waals surface area contributed by atoms with E-state index >= 15 is 0 Å². The van der Waals surface area contributed by atoms with Crippen molar-refractivity contribution in [2.75, 3.05) is 0 Å². The van der Waals surface area contributed by atoms with Crippen molar-refractivity contribution in [3.63, 3.8) is 0 Å². The molecule has 2 rings (SSSR count). The molecule has 0 aromatic carbocycles. The van der Waals surface area contributed by atoms with Gasteiger partial charge in [-0.25, -0.2) is 0 Å². The minimum atomic E-state index is 0.0445. The summed E-state index contributed by atoms with van der Waals surface area (Å²) in [6, 6.07) is 0.262. The Morgan fingerprint density at radius 2 is 1.42 bits per heavy atom. The molecule has 2 fully saturated rings. The van der Waals surface area contributed by atoms with Crippen LogP contribution in [-0.4, -0.2) is 17.1 Å². The zero-order valence-corrected chi connectivity index (χ0v) is 17.8. The molecule has 24 heavy (non-hydrogen) atoms. The smallest absolute Gasteiger partial charge is 0.0317 e. The average Bonchev–Trinajstić information content (AvgIpc) is 2.39. The molecule has 142 valence electrons. The first-order valence-corrected chi connectivity index (χ1v) is 10.4. The zero-order valence-electron chi connectivity index (χ0n) is 17.8. The molecule has 3 unspecified atom stereocenters. The molecule has 0 aromatic rings. The van der Waals surface area contributed by atoms with E-state index in [1.807, 2.05) is 0 Å². The molecule has 0 saturated heterocycles. The lowest BCUT2D eigenvalue weighted by molar-refractivity contribution is 0.00365. The fraction of sp³-hybridized carbons (Fsp3) is 1.00. The second-order valence-corrected chi connectivity index (χ2v) is 11.4. The maximum absolute atomic E-state index is 6.84. The van der Waals surface area contributed by atoms with Gasteiger partial charge in [-0.05, 0) is 68.6 Å². The Morgan fingerprint density at radius 3 is 1.96 bits per heavy atom. The van der Waals surface area contributed by atoms with Gasteiger partial charge in [0.25, 0.3) is 0 Å². The van der Waals surface area contributed by atoms with Gasteiger partial charge >= 0.3 is 0 Å². The minimum absolute atomic E-state index is 0.0445. The third kappa shape index (κ3) is 4.36. The van der Waals surface area contributed by atoms with Crippen LogP contribution in [0, 0.1) is 22.7 Å². The number of hydrogen-bond donors (Lipinski definition) is 2. The molecule has 2 saturated carbocycles. The Morgan fingerprint density at radius 1 is 0.833 bits per heavy atom. The molecule has 2 heteroatoms. The van der Waals surface area contributed by atoms with Gasteiger partial charge in [0.05, 0.1) is 0 Å². The van der Waals surface area contributed by atoms with Gasteiger partial charge in [-0.15, -0.1) is 0 Å². The summed E-state index contributed by atoms with van der Waals surface area (Å²) in [5.41, 5.74) is 7.89. The highest BCUT2D eigenvalue weighted by molar-refractivity contribution is 5.09. The molecule has 0 spiro atoms. The SMILES string of the molecule is CCC1CC(C)(C)CC(C)(N[C@]2(C)C[C@@H](CC)CC(C)(C)C2)C1N. The summed E-state index contributed by atoms with van der Waals surface area (Å²) in [4.78, 5) is 0. The zero-order chi connectivity index (χ0) is 18.4. The van der Waals surface area contributed by atoms with Gasteiger partial charge in [-0.1, -0.05) is 54.4 Å². The van der Waals surface area contributed by atoms with Crippen LogP contribution in [0.4, 0.5) is 0 Å². The topological polar surface area (TPSA) is 38.0 Å². The first-order chi connectivity index (χ1) is 10.8. The summed E-state index contributed by atoms with van der Waals surface area (Å²) < 4.78 is 0. The summed E-state index contributed by atoms with van der Waals surface area (Å²) in [6.07, 6.45) is 8.87. The van der Waals surface area contributed by atoms with E-state index in [2.05, 4.69) is 60.7 Å². The van der Waals surface area contributed by atoms with Crippen molar-refractivity contribution in [1.29, 1.82) is 0 Å². The van der Waals surface area contributed by atoms with Gasteiger partial charge in [0, 0.05) is 17.1 Å². The Bertz CT molecular complexity index is 441. The van der Waals surface area contributed by atoms with Crippen molar-refractivity contribution in [2.45, 2.75) is 117 Å². The fourth-order valence-electron chi connectivity index (χ4n) is 6.83. The van der Waals surface area contributed by atoms with Crippen molar-refractivity contribution < 1.29 is 0 Å². The van der Waals surface area contributed by atoms with Crippen LogP contribution < -0.4 is 11.1 Å². The van der Waals surface area contributed by atoms with E-state index < -0.39 is 0 Å². The van der Waals surface area contributed by atoms with Crippen LogP contribution in [0.2, 0.25) is 0 Å². The molecular formula is C22H44N2. The van der Waals surface area contributed by atoms with E-state index in [0.717, 1.165) is 5.92 Å². The van der Waals surface area contributed by atoms with Crippen LogP contribution in [-0.2, 0) is 0 Å². The maximum atomic E-state index is 6.84. The molecule has 0 aliphatic heterocycles. The van der Waals surface area contributed by atoms with Crippen molar-refractivity contribution in [2.24, 2.45) is 28.4 Å². The first-order valence-electron chi connectivity index (χ1n) is 10.4. The number of nitrogens with one attached hydrogen (secondary N) is 1. The van der Waals surface area contributed by atoms with Crippen molar-refractivity contribution >= 4 is 0 Å². The van der Waals surface area contributed by atoms with Gasteiger partial charge < -0.3 is 11.1 Å². The molecule has 2 nitrogen and oxygen atoms in total. The maximum Gasteiger partial charge on any atom is 0.0317 e. The quantitative estimate of drug-likeness (QED) is 0.711. The molecule has 5 atom stereocenters. The van der Waals surface area contributed by atoms with Crippen LogP contribution in [0.3, 0.4) is 0 Å². The Labute approximate surface area is 151 Å². The minimum Gasteiger partial charge on any atom is -0.326 e. The molecular weight excluding hydrogens is 292 g/mol. The van der Waals surface area contributed by atoms with Crippen molar-refractivity contribution in [1.82, 2.24) is 5.32 Å². The van der Waals surface area contributed by atoms with Crippen molar-refractivity contribution in [3.05, 3.63) is 0 Å². The summed E-state index contributed by atoms with van der Waals surface area (Å²) in [5.74, 6) is 1.47. The summed E-state index contributed by atoms with van der Waals surface area (Å²) >= 11 is 0. The summed E-state index contributed by atoms with van der Waals surface area (Å²) in [7, 11) is 0. The van der Waals surface area contributed by atoms with Gasteiger partial charge in [0.2, 0.25) is 0 Å². The van der Waals surface area contributed by atoms with E-state index in [4.69, 9.17) is 5.73 Å². The van der Waals surface area contributed by atoms with E-state index in [1.54, 1.807) is 0 Å². The Kier molecular flexibility index (Phi) is 5.55. The van der Waals surface area contributed by atoms with Crippen LogP contribution in [0.1, 0.15) is 100 Å². The van der Waals surface area contributed by atoms with E-state index in [9.17, 15) is 0 Å². The van der Waals surface area contributed by atoms with Crippen LogP contribution >= 0.6 is 0 Å². The lowest BCUT2D eigenvalue weighted by Gasteiger charge is -2.57. The van der Waals surface area contributed by atoms with Gasteiger partial charge in [0.1, 0.15) is 0 Å². The summed E-state index contributed by atoms with van der Waals surface area (Å²) in [5, 5.41) is 4.18. The Hall–Kier alpha value is -0.0800. The van der Waals surface area contributed by atoms with E-state index in [1.165, 1.54) is 44.9 Å².